The van der Waals surface area contributed by atoms with E-state index in [9.17, 15) is 8.42 Å². The second-order valence-corrected chi connectivity index (χ2v) is 7.26. The van der Waals surface area contributed by atoms with Gasteiger partial charge in [0.05, 0.1) is 5.75 Å². The highest BCUT2D eigenvalue weighted by Gasteiger charge is 2.16. The van der Waals surface area contributed by atoms with Crippen molar-refractivity contribution in [3.8, 4) is 0 Å². The Morgan fingerprint density at radius 3 is 2.47 bits per heavy atom. The van der Waals surface area contributed by atoms with Gasteiger partial charge in [0.15, 0.2) is 9.84 Å². The van der Waals surface area contributed by atoms with E-state index in [4.69, 9.17) is 11.6 Å². The van der Waals surface area contributed by atoms with Gasteiger partial charge in [-0.25, -0.2) is 18.4 Å². The Bertz CT molecular complexity index is 546. The zero-order chi connectivity index (χ0) is 14.6. The van der Waals surface area contributed by atoms with Crippen LogP contribution < -0.4 is 5.32 Å². The number of nitrogens with one attached hydrogen (secondary N) is 1. The Kier molecular flexibility index (Phi) is 5.55. The van der Waals surface area contributed by atoms with Gasteiger partial charge < -0.3 is 5.32 Å². The van der Waals surface area contributed by atoms with Crippen LogP contribution in [-0.4, -0.2) is 35.9 Å². The summed E-state index contributed by atoms with van der Waals surface area (Å²) in [5.74, 6) is 1.47. The zero-order valence-corrected chi connectivity index (χ0v) is 13.3. The summed E-state index contributed by atoms with van der Waals surface area (Å²) in [5.41, 5.74) is 0.736. The molecule has 5 nitrogen and oxygen atoms in total. The summed E-state index contributed by atoms with van der Waals surface area (Å²) in [6.45, 7) is 7.21. The molecule has 0 saturated carbocycles. The minimum absolute atomic E-state index is 0.0754. The molecule has 0 saturated heterocycles. The molecule has 7 heteroatoms. The largest absolute Gasteiger partial charge is 0.366 e. The van der Waals surface area contributed by atoms with Crippen LogP contribution in [0.5, 0.6) is 0 Å². The quantitative estimate of drug-likeness (QED) is 0.816. The molecule has 0 aliphatic carbocycles. The number of nitrogens with zero attached hydrogens (tertiary/aromatic N) is 2. The van der Waals surface area contributed by atoms with Crippen molar-refractivity contribution in [2.24, 2.45) is 0 Å². The first-order chi connectivity index (χ1) is 8.79. The molecule has 108 valence electrons. The SMILES string of the molecule is CCc1nc(Cl)c(C)c(N[C@@H](C)CS(=O)(=O)CC)n1. The molecular weight excluding hydrogens is 286 g/mol. The average molecular weight is 306 g/mol. The van der Waals surface area contributed by atoms with Crippen LogP contribution in [-0.2, 0) is 16.3 Å². The molecule has 1 aromatic heterocycles. The Balaban J connectivity index is 2.90. The summed E-state index contributed by atoms with van der Waals surface area (Å²) in [6.07, 6.45) is 0.677. The minimum atomic E-state index is -3.02. The maximum atomic E-state index is 11.6. The first kappa shape index (κ1) is 16.2. The van der Waals surface area contributed by atoms with Gasteiger partial charge in [-0.05, 0) is 13.8 Å². The number of aryl methyl sites for hydroxylation is 1. The van der Waals surface area contributed by atoms with Gasteiger partial charge in [-0.3, -0.25) is 0 Å². The lowest BCUT2D eigenvalue weighted by Gasteiger charge is -2.17. The van der Waals surface area contributed by atoms with Crippen LogP contribution in [0.1, 0.15) is 32.2 Å². The molecule has 0 aromatic carbocycles. The molecule has 1 rings (SSSR count). The van der Waals surface area contributed by atoms with E-state index >= 15 is 0 Å². The molecule has 1 heterocycles. The fourth-order valence-corrected chi connectivity index (χ4v) is 2.87. The normalized spacial score (nSPS) is 13.3. The summed E-state index contributed by atoms with van der Waals surface area (Å²) < 4.78 is 23.2. The van der Waals surface area contributed by atoms with Gasteiger partial charge in [-0.2, -0.15) is 0 Å². The average Bonchev–Trinajstić information content (AvgIpc) is 2.34. The molecule has 0 radical (unpaired) electrons. The van der Waals surface area contributed by atoms with Crippen molar-refractivity contribution in [2.75, 3.05) is 16.8 Å². The van der Waals surface area contributed by atoms with Crippen molar-refractivity contribution in [1.82, 2.24) is 9.97 Å². The molecule has 0 bridgehead atoms. The van der Waals surface area contributed by atoms with Crippen LogP contribution in [0.2, 0.25) is 5.15 Å². The molecule has 0 unspecified atom stereocenters. The van der Waals surface area contributed by atoms with Gasteiger partial charge in [0, 0.05) is 23.8 Å². The molecule has 19 heavy (non-hydrogen) atoms. The fourth-order valence-electron chi connectivity index (χ4n) is 1.61. The number of sulfone groups is 1. The van der Waals surface area contributed by atoms with Crippen molar-refractivity contribution in [2.45, 2.75) is 40.2 Å². The second kappa shape index (κ2) is 6.52. The van der Waals surface area contributed by atoms with Crippen LogP contribution in [0.15, 0.2) is 0 Å². The van der Waals surface area contributed by atoms with Gasteiger partial charge in [0.1, 0.15) is 16.8 Å². The smallest absolute Gasteiger partial charge is 0.152 e. The van der Waals surface area contributed by atoms with E-state index in [1.165, 1.54) is 0 Å². The zero-order valence-electron chi connectivity index (χ0n) is 11.7. The summed E-state index contributed by atoms with van der Waals surface area (Å²) in [5, 5.41) is 3.50. The predicted molar refractivity (Wildman–Crippen MR) is 78.6 cm³/mol. The number of hydrogen-bond donors (Lipinski definition) is 1. The number of hydrogen-bond acceptors (Lipinski definition) is 5. The molecule has 1 atom stereocenters. The van der Waals surface area contributed by atoms with Crippen molar-refractivity contribution in [3.05, 3.63) is 16.5 Å². The standard InChI is InChI=1S/C12H20ClN3O2S/c1-5-10-15-11(13)9(4)12(16-10)14-8(3)7-19(17,18)6-2/h8H,5-7H2,1-4H3,(H,14,15,16)/t8-/m0/s1. The predicted octanol–water partition coefficient (Wildman–Crippen LogP) is 2.24. The van der Waals surface area contributed by atoms with E-state index in [1.54, 1.807) is 6.92 Å². The highest BCUT2D eigenvalue weighted by atomic mass is 35.5. The van der Waals surface area contributed by atoms with Crippen LogP contribution in [0.4, 0.5) is 5.82 Å². The summed E-state index contributed by atoms with van der Waals surface area (Å²) in [7, 11) is -3.02. The minimum Gasteiger partial charge on any atom is -0.366 e. The Morgan fingerprint density at radius 2 is 1.95 bits per heavy atom. The molecule has 0 aliphatic rings. The third kappa shape index (κ3) is 4.62. The van der Waals surface area contributed by atoms with Gasteiger partial charge in [-0.1, -0.05) is 25.4 Å². The topological polar surface area (TPSA) is 72.0 Å². The maximum absolute atomic E-state index is 11.6. The number of anilines is 1. The molecule has 1 N–H and O–H groups in total. The van der Waals surface area contributed by atoms with Gasteiger partial charge in [-0.15, -0.1) is 0 Å². The van der Waals surface area contributed by atoms with Crippen LogP contribution in [0, 0.1) is 6.92 Å². The van der Waals surface area contributed by atoms with E-state index in [0.29, 0.717) is 23.2 Å². The number of aromatic nitrogens is 2. The van der Waals surface area contributed by atoms with Gasteiger partial charge >= 0.3 is 0 Å². The summed E-state index contributed by atoms with van der Waals surface area (Å²) >= 11 is 6.03. The molecule has 0 fully saturated rings. The van der Waals surface area contributed by atoms with E-state index in [-0.39, 0.29) is 17.5 Å². The fraction of sp³-hybridized carbons (Fsp3) is 0.667. The second-order valence-electron chi connectivity index (χ2n) is 4.50. The molecule has 0 aliphatic heterocycles. The molecule has 1 aromatic rings. The van der Waals surface area contributed by atoms with E-state index in [0.717, 1.165) is 5.56 Å². The Morgan fingerprint density at radius 1 is 1.32 bits per heavy atom. The lowest BCUT2D eigenvalue weighted by Crippen LogP contribution is -2.27. The first-order valence-corrected chi connectivity index (χ1v) is 8.49. The summed E-state index contributed by atoms with van der Waals surface area (Å²) in [4.78, 5) is 8.49. The van der Waals surface area contributed by atoms with Gasteiger partial charge in [0.2, 0.25) is 0 Å². The van der Waals surface area contributed by atoms with E-state index in [2.05, 4.69) is 15.3 Å². The van der Waals surface area contributed by atoms with Crippen molar-refractivity contribution in [1.29, 1.82) is 0 Å². The first-order valence-electron chi connectivity index (χ1n) is 6.29. The third-order valence-corrected chi connectivity index (χ3v) is 5.03. The highest BCUT2D eigenvalue weighted by molar-refractivity contribution is 7.91. The van der Waals surface area contributed by atoms with Crippen LogP contribution in [0.3, 0.4) is 0 Å². The Labute approximate surface area is 119 Å². The van der Waals surface area contributed by atoms with Crippen molar-refractivity contribution in [3.63, 3.8) is 0 Å². The lowest BCUT2D eigenvalue weighted by molar-refractivity contribution is 0.593. The number of halogens is 1. The summed E-state index contributed by atoms with van der Waals surface area (Å²) in [6, 6.07) is -0.223. The highest BCUT2D eigenvalue weighted by Crippen LogP contribution is 2.20. The van der Waals surface area contributed by atoms with E-state index in [1.807, 2.05) is 20.8 Å². The monoisotopic (exact) mass is 305 g/mol. The Hall–Kier alpha value is -0.880. The third-order valence-electron chi connectivity index (χ3n) is 2.78. The molecule has 0 amide bonds. The lowest BCUT2D eigenvalue weighted by atomic mass is 10.3. The van der Waals surface area contributed by atoms with E-state index < -0.39 is 9.84 Å². The molecule has 0 spiro atoms. The van der Waals surface area contributed by atoms with Crippen molar-refractivity contribution < 1.29 is 8.42 Å². The van der Waals surface area contributed by atoms with Crippen LogP contribution in [0.25, 0.3) is 0 Å². The van der Waals surface area contributed by atoms with Crippen molar-refractivity contribution >= 4 is 27.3 Å². The van der Waals surface area contributed by atoms with Crippen LogP contribution >= 0.6 is 11.6 Å². The maximum Gasteiger partial charge on any atom is 0.152 e. The molecular formula is C12H20ClN3O2S. The van der Waals surface area contributed by atoms with Gasteiger partial charge in [0.25, 0.3) is 0 Å². The number of rotatable bonds is 6.